The number of primary amides is 1. The minimum absolute atomic E-state index is 0.203. The van der Waals surface area contributed by atoms with Crippen molar-refractivity contribution in [2.45, 2.75) is 13.0 Å². The maximum atomic E-state index is 10.6. The second-order valence-electron chi connectivity index (χ2n) is 3.44. The van der Waals surface area contributed by atoms with E-state index in [-0.39, 0.29) is 12.3 Å². The molecule has 0 radical (unpaired) electrons. The Labute approximate surface area is 106 Å². The number of hydrogen-bond donors (Lipinski definition) is 1. The number of nitrogens with two attached hydrogens (primary N) is 1. The molecule has 17 heavy (non-hydrogen) atoms. The summed E-state index contributed by atoms with van der Waals surface area (Å²) in [4.78, 5) is 12.0. The third kappa shape index (κ3) is 3.10. The van der Waals surface area contributed by atoms with Gasteiger partial charge < -0.3 is 5.73 Å². The average molecular weight is 296 g/mol. The van der Waals surface area contributed by atoms with Gasteiger partial charge in [-0.05, 0) is 17.3 Å². The first kappa shape index (κ1) is 11.7. The summed E-state index contributed by atoms with van der Waals surface area (Å²) in [5, 5.41) is 11.9. The van der Waals surface area contributed by atoms with Crippen molar-refractivity contribution in [1.82, 2.24) is 20.2 Å². The monoisotopic (exact) mass is 295 g/mol. The van der Waals surface area contributed by atoms with Crippen LogP contribution in [0.3, 0.4) is 0 Å². The van der Waals surface area contributed by atoms with Crippen LogP contribution < -0.4 is 5.73 Å². The van der Waals surface area contributed by atoms with E-state index in [1.807, 2.05) is 24.3 Å². The van der Waals surface area contributed by atoms with Crippen LogP contribution in [-0.4, -0.2) is 26.1 Å². The lowest BCUT2D eigenvalue weighted by atomic mass is 10.2. The van der Waals surface area contributed by atoms with Crippen LogP contribution in [-0.2, 0) is 11.3 Å². The first-order chi connectivity index (χ1) is 8.15. The molecule has 0 fully saturated rings. The fraction of sp³-hybridized carbons (Fsp3) is 0.200. The summed E-state index contributed by atoms with van der Waals surface area (Å²) in [7, 11) is 0. The van der Waals surface area contributed by atoms with Crippen LogP contribution >= 0.6 is 15.9 Å². The third-order valence-electron chi connectivity index (χ3n) is 2.09. The number of halogens is 1. The number of rotatable bonds is 4. The van der Waals surface area contributed by atoms with E-state index in [0.29, 0.717) is 12.4 Å². The summed E-state index contributed by atoms with van der Waals surface area (Å²) in [5.74, 6) is 0.141. The number of benzene rings is 1. The minimum Gasteiger partial charge on any atom is -0.370 e. The number of nitrogens with zero attached hydrogens (tertiary/aromatic N) is 4. The van der Waals surface area contributed by atoms with E-state index in [2.05, 4.69) is 31.3 Å². The smallest absolute Gasteiger partial charge is 0.219 e. The average Bonchev–Trinajstić information content (AvgIpc) is 2.75. The molecule has 7 heteroatoms. The first-order valence-corrected chi connectivity index (χ1v) is 5.76. The Hall–Kier alpha value is -1.76. The van der Waals surface area contributed by atoms with Gasteiger partial charge in [0.2, 0.25) is 11.7 Å². The molecule has 0 bridgehead atoms. The van der Waals surface area contributed by atoms with Crippen molar-refractivity contribution >= 4 is 21.8 Å². The predicted molar refractivity (Wildman–Crippen MR) is 64.8 cm³/mol. The molecular weight excluding hydrogens is 286 g/mol. The minimum atomic E-state index is -0.383. The van der Waals surface area contributed by atoms with E-state index < -0.39 is 0 Å². The molecule has 2 rings (SSSR count). The predicted octanol–water partition coefficient (Wildman–Crippen LogP) is 0.978. The molecule has 0 atom stereocenters. The zero-order chi connectivity index (χ0) is 12.3. The summed E-state index contributed by atoms with van der Waals surface area (Å²) in [6, 6.07) is 7.60. The zero-order valence-corrected chi connectivity index (χ0v) is 10.5. The van der Waals surface area contributed by atoms with Gasteiger partial charge in [-0.1, -0.05) is 28.1 Å². The highest BCUT2D eigenvalue weighted by atomic mass is 79.9. The van der Waals surface area contributed by atoms with Crippen molar-refractivity contribution in [3.05, 3.63) is 28.7 Å². The molecule has 0 spiro atoms. The highest BCUT2D eigenvalue weighted by Gasteiger charge is 2.06. The second-order valence-corrected chi connectivity index (χ2v) is 4.35. The van der Waals surface area contributed by atoms with E-state index in [4.69, 9.17) is 5.73 Å². The van der Waals surface area contributed by atoms with Gasteiger partial charge in [0.05, 0.1) is 6.54 Å². The summed E-state index contributed by atoms with van der Waals surface area (Å²) >= 11 is 3.37. The molecule has 0 saturated heterocycles. The van der Waals surface area contributed by atoms with E-state index in [1.165, 1.54) is 4.80 Å². The third-order valence-corrected chi connectivity index (χ3v) is 2.59. The van der Waals surface area contributed by atoms with Crippen LogP contribution in [0.15, 0.2) is 28.7 Å². The first-order valence-electron chi connectivity index (χ1n) is 4.97. The Kier molecular flexibility index (Phi) is 3.48. The van der Waals surface area contributed by atoms with E-state index in [1.54, 1.807) is 0 Å². The maximum absolute atomic E-state index is 10.6. The largest absolute Gasteiger partial charge is 0.370 e. The quantitative estimate of drug-likeness (QED) is 0.911. The van der Waals surface area contributed by atoms with E-state index in [0.717, 1.165) is 10.0 Å². The topological polar surface area (TPSA) is 86.7 Å². The Morgan fingerprint density at radius 2 is 2.29 bits per heavy atom. The number of carbonyl (C=O) groups excluding carboxylic acids is 1. The van der Waals surface area contributed by atoms with Crippen molar-refractivity contribution in [3.8, 4) is 11.4 Å². The molecule has 6 nitrogen and oxygen atoms in total. The molecule has 2 N–H and O–H groups in total. The number of amides is 1. The molecule has 0 aliphatic rings. The van der Waals surface area contributed by atoms with Gasteiger partial charge in [0.15, 0.2) is 0 Å². The Morgan fingerprint density at radius 1 is 1.47 bits per heavy atom. The van der Waals surface area contributed by atoms with Gasteiger partial charge in [-0.3, -0.25) is 4.79 Å². The normalized spacial score (nSPS) is 10.4. The Bertz CT molecular complexity index is 539. The summed E-state index contributed by atoms with van der Waals surface area (Å²) < 4.78 is 0.948. The lowest BCUT2D eigenvalue weighted by molar-refractivity contribution is -0.118. The molecule has 1 amide bonds. The summed E-state index contributed by atoms with van der Waals surface area (Å²) in [6.45, 7) is 0.344. The van der Waals surface area contributed by atoms with Crippen LogP contribution in [0.4, 0.5) is 0 Å². The van der Waals surface area contributed by atoms with E-state index in [9.17, 15) is 4.79 Å². The van der Waals surface area contributed by atoms with Gasteiger partial charge >= 0.3 is 0 Å². The summed E-state index contributed by atoms with van der Waals surface area (Å²) in [5.41, 5.74) is 5.91. The number of hydrogen-bond acceptors (Lipinski definition) is 4. The molecule has 88 valence electrons. The Balaban J connectivity index is 2.15. The van der Waals surface area contributed by atoms with Crippen LogP contribution in [0.2, 0.25) is 0 Å². The van der Waals surface area contributed by atoms with Crippen molar-refractivity contribution < 1.29 is 4.79 Å². The summed E-state index contributed by atoms with van der Waals surface area (Å²) in [6.07, 6.45) is 0.203. The molecule has 1 aromatic carbocycles. The fourth-order valence-corrected chi connectivity index (χ4v) is 1.69. The highest BCUT2D eigenvalue weighted by Crippen LogP contribution is 2.18. The molecule has 0 aliphatic carbocycles. The van der Waals surface area contributed by atoms with Gasteiger partial charge in [-0.15, -0.1) is 10.2 Å². The molecule has 0 saturated carbocycles. The molecule has 0 aliphatic heterocycles. The Morgan fingerprint density at radius 3 is 3.00 bits per heavy atom. The molecule has 1 heterocycles. The number of aryl methyl sites for hydroxylation is 1. The van der Waals surface area contributed by atoms with Crippen LogP contribution in [0, 0.1) is 0 Å². The van der Waals surface area contributed by atoms with Gasteiger partial charge in [0, 0.05) is 16.5 Å². The fourth-order valence-electron chi connectivity index (χ4n) is 1.29. The molecule has 0 unspecified atom stereocenters. The zero-order valence-electron chi connectivity index (χ0n) is 8.88. The maximum Gasteiger partial charge on any atom is 0.219 e. The SMILES string of the molecule is NC(=O)CCn1nnc(-c2cccc(Br)c2)n1. The molecule has 2 aromatic rings. The van der Waals surface area contributed by atoms with Gasteiger partial charge in [0.25, 0.3) is 0 Å². The molecule has 1 aromatic heterocycles. The lowest BCUT2D eigenvalue weighted by Gasteiger charge is -1.95. The van der Waals surface area contributed by atoms with Crippen molar-refractivity contribution in [3.63, 3.8) is 0 Å². The number of carbonyl (C=O) groups is 1. The number of aromatic nitrogens is 4. The van der Waals surface area contributed by atoms with Crippen LogP contribution in [0.25, 0.3) is 11.4 Å². The molecular formula is C10H10BrN5O. The number of tetrazole rings is 1. The van der Waals surface area contributed by atoms with Crippen LogP contribution in [0.5, 0.6) is 0 Å². The van der Waals surface area contributed by atoms with Crippen molar-refractivity contribution in [1.29, 1.82) is 0 Å². The van der Waals surface area contributed by atoms with Crippen molar-refractivity contribution in [2.75, 3.05) is 0 Å². The standard InChI is InChI=1S/C10H10BrN5O/c11-8-3-1-2-7(6-8)10-13-15-16(14-10)5-4-9(12)17/h1-3,6H,4-5H2,(H2,12,17). The van der Waals surface area contributed by atoms with E-state index >= 15 is 0 Å². The second kappa shape index (κ2) is 5.05. The van der Waals surface area contributed by atoms with Gasteiger partial charge in [-0.2, -0.15) is 4.80 Å². The highest BCUT2D eigenvalue weighted by molar-refractivity contribution is 9.10. The van der Waals surface area contributed by atoms with Crippen LogP contribution in [0.1, 0.15) is 6.42 Å². The van der Waals surface area contributed by atoms with Crippen molar-refractivity contribution in [2.24, 2.45) is 5.73 Å². The van der Waals surface area contributed by atoms with Gasteiger partial charge in [-0.25, -0.2) is 0 Å². The lowest BCUT2D eigenvalue weighted by Crippen LogP contribution is -2.15. The van der Waals surface area contributed by atoms with Gasteiger partial charge in [0.1, 0.15) is 0 Å².